The molecule has 2 rings (SSSR count). The Hall–Kier alpha value is -2.02. The van der Waals surface area contributed by atoms with Gasteiger partial charge in [0.15, 0.2) is 11.6 Å². The van der Waals surface area contributed by atoms with Crippen molar-refractivity contribution in [2.75, 3.05) is 0 Å². The number of rotatable bonds is 4. The third-order valence-electron chi connectivity index (χ3n) is 2.76. The molecule has 0 aliphatic rings. The minimum Gasteiger partial charge on any atom is -0.486 e. The van der Waals surface area contributed by atoms with Gasteiger partial charge < -0.3 is 4.74 Å². The molecular formula is C14H10BrF2NO3. The molecule has 0 spiro atoms. The van der Waals surface area contributed by atoms with Gasteiger partial charge in [0, 0.05) is 10.0 Å². The summed E-state index contributed by atoms with van der Waals surface area (Å²) in [7, 11) is 0. The van der Waals surface area contributed by atoms with E-state index in [1.54, 1.807) is 6.07 Å². The van der Waals surface area contributed by atoms with Crippen molar-refractivity contribution >= 4 is 21.6 Å². The Bertz CT molecular complexity index is 687. The van der Waals surface area contributed by atoms with E-state index in [-0.39, 0.29) is 23.6 Å². The molecule has 0 unspecified atom stereocenters. The molecule has 0 aromatic heterocycles. The molecule has 0 atom stereocenters. The number of benzene rings is 2. The minimum absolute atomic E-state index is 0.0511. The fraction of sp³-hybridized carbons (Fsp3) is 0.143. The highest BCUT2D eigenvalue weighted by atomic mass is 79.9. The zero-order chi connectivity index (χ0) is 15.6. The summed E-state index contributed by atoms with van der Waals surface area (Å²) >= 11 is 3.15. The van der Waals surface area contributed by atoms with Gasteiger partial charge in [-0.2, -0.15) is 0 Å². The molecule has 0 bridgehead atoms. The molecular weight excluding hydrogens is 348 g/mol. The van der Waals surface area contributed by atoms with E-state index in [9.17, 15) is 18.9 Å². The minimum atomic E-state index is -0.831. The second-order valence-corrected chi connectivity index (χ2v) is 5.31. The van der Waals surface area contributed by atoms with Gasteiger partial charge >= 0.3 is 0 Å². The van der Waals surface area contributed by atoms with Crippen LogP contribution in [-0.4, -0.2) is 4.92 Å². The number of halogens is 3. The van der Waals surface area contributed by atoms with Crippen molar-refractivity contribution in [1.82, 2.24) is 0 Å². The maximum Gasteiger partial charge on any atom is 0.275 e. The predicted octanol–water partition coefficient (Wildman–Crippen LogP) is 4.52. The van der Waals surface area contributed by atoms with Crippen LogP contribution in [0.3, 0.4) is 0 Å². The van der Waals surface area contributed by atoms with Crippen LogP contribution in [0.2, 0.25) is 0 Å². The van der Waals surface area contributed by atoms with Gasteiger partial charge in [0.2, 0.25) is 0 Å². The molecule has 0 fully saturated rings. The van der Waals surface area contributed by atoms with Gasteiger partial charge in [-0.25, -0.2) is 8.78 Å². The van der Waals surface area contributed by atoms with Crippen LogP contribution in [0.5, 0.6) is 5.75 Å². The smallest absolute Gasteiger partial charge is 0.275 e. The van der Waals surface area contributed by atoms with Crippen molar-refractivity contribution in [3.63, 3.8) is 0 Å². The van der Waals surface area contributed by atoms with Crippen LogP contribution in [0.1, 0.15) is 11.1 Å². The maximum atomic E-state index is 13.7. The van der Waals surface area contributed by atoms with Gasteiger partial charge in [-0.3, -0.25) is 10.1 Å². The number of hydrogen-bond donors (Lipinski definition) is 0. The molecule has 0 heterocycles. The first-order chi connectivity index (χ1) is 9.86. The van der Waals surface area contributed by atoms with E-state index in [0.29, 0.717) is 10.0 Å². The van der Waals surface area contributed by atoms with E-state index in [1.165, 1.54) is 25.1 Å². The van der Waals surface area contributed by atoms with Gasteiger partial charge in [-0.1, -0.05) is 15.9 Å². The summed E-state index contributed by atoms with van der Waals surface area (Å²) in [5, 5.41) is 10.7. The van der Waals surface area contributed by atoms with Crippen molar-refractivity contribution in [3.05, 3.63) is 67.7 Å². The molecule has 2 aromatic rings. The summed E-state index contributed by atoms with van der Waals surface area (Å²) in [4.78, 5) is 10.0. The highest BCUT2D eigenvalue weighted by molar-refractivity contribution is 9.10. The molecule has 2 aromatic carbocycles. The van der Waals surface area contributed by atoms with Gasteiger partial charge in [0.05, 0.1) is 11.0 Å². The number of nitro groups is 1. The summed E-state index contributed by atoms with van der Waals surface area (Å²) in [6.07, 6.45) is 0. The summed E-state index contributed by atoms with van der Waals surface area (Å²) < 4.78 is 32.7. The Kier molecular flexibility index (Phi) is 4.52. The van der Waals surface area contributed by atoms with Gasteiger partial charge in [-0.15, -0.1) is 0 Å². The van der Waals surface area contributed by atoms with Gasteiger partial charge in [-0.05, 0) is 36.8 Å². The van der Waals surface area contributed by atoms with E-state index >= 15 is 0 Å². The number of hydrogen-bond acceptors (Lipinski definition) is 3. The van der Waals surface area contributed by atoms with Crippen LogP contribution >= 0.6 is 15.9 Å². The fourth-order valence-electron chi connectivity index (χ4n) is 1.81. The standard InChI is InChI=1S/C14H10BrF2NO3/c1-8-2-14(12(17)6-13(8)18(19)20)21-7-9-3-10(15)5-11(16)4-9/h2-6H,7H2,1H3. The van der Waals surface area contributed by atoms with Crippen LogP contribution in [0.15, 0.2) is 34.8 Å². The normalized spacial score (nSPS) is 10.5. The summed E-state index contributed by atoms with van der Waals surface area (Å²) in [5.41, 5.74) is 0.488. The Labute approximate surface area is 127 Å². The van der Waals surface area contributed by atoms with Crippen molar-refractivity contribution in [3.8, 4) is 5.75 Å². The number of aryl methyl sites for hydroxylation is 1. The van der Waals surface area contributed by atoms with Crippen molar-refractivity contribution < 1.29 is 18.4 Å². The van der Waals surface area contributed by atoms with E-state index in [0.717, 1.165) is 6.07 Å². The molecule has 4 nitrogen and oxygen atoms in total. The molecule has 110 valence electrons. The monoisotopic (exact) mass is 357 g/mol. The van der Waals surface area contributed by atoms with Crippen molar-refractivity contribution in [1.29, 1.82) is 0 Å². The topological polar surface area (TPSA) is 52.4 Å². The van der Waals surface area contributed by atoms with Crippen LogP contribution in [-0.2, 0) is 6.61 Å². The lowest BCUT2D eigenvalue weighted by Crippen LogP contribution is -2.00. The first-order valence-electron chi connectivity index (χ1n) is 5.89. The molecule has 0 saturated carbocycles. The molecule has 0 aliphatic heterocycles. The van der Waals surface area contributed by atoms with Crippen molar-refractivity contribution in [2.45, 2.75) is 13.5 Å². The first kappa shape index (κ1) is 15.4. The zero-order valence-corrected chi connectivity index (χ0v) is 12.5. The van der Waals surface area contributed by atoms with E-state index in [1.807, 2.05) is 0 Å². The van der Waals surface area contributed by atoms with E-state index in [4.69, 9.17) is 4.74 Å². The van der Waals surface area contributed by atoms with Crippen molar-refractivity contribution in [2.24, 2.45) is 0 Å². The Morgan fingerprint density at radius 3 is 2.57 bits per heavy atom. The molecule has 0 radical (unpaired) electrons. The SMILES string of the molecule is Cc1cc(OCc2cc(F)cc(Br)c2)c(F)cc1[N+](=O)[O-]. The Morgan fingerprint density at radius 1 is 1.24 bits per heavy atom. The Balaban J connectivity index is 2.20. The molecule has 0 amide bonds. The van der Waals surface area contributed by atoms with Crippen LogP contribution in [0.4, 0.5) is 14.5 Å². The number of nitrogens with zero attached hydrogens (tertiary/aromatic N) is 1. The summed E-state index contributed by atoms with van der Waals surface area (Å²) in [6, 6.07) is 6.26. The summed E-state index contributed by atoms with van der Waals surface area (Å²) in [5.74, 6) is -1.38. The number of ether oxygens (including phenoxy) is 1. The lowest BCUT2D eigenvalue weighted by Gasteiger charge is -2.09. The van der Waals surface area contributed by atoms with Crippen LogP contribution in [0, 0.1) is 28.7 Å². The summed E-state index contributed by atoms with van der Waals surface area (Å²) in [6.45, 7) is 1.44. The Morgan fingerprint density at radius 2 is 1.95 bits per heavy atom. The molecule has 21 heavy (non-hydrogen) atoms. The molecule has 0 saturated heterocycles. The second-order valence-electron chi connectivity index (χ2n) is 4.39. The lowest BCUT2D eigenvalue weighted by molar-refractivity contribution is -0.385. The second kappa shape index (κ2) is 6.17. The maximum absolute atomic E-state index is 13.7. The van der Waals surface area contributed by atoms with Gasteiger partial charge in [0.25, 0.3) is 5.69 Å². The lowest BCUT2D eigenvalue weighted by atomic mass is 10.2. The van der Waals surface area contributed by atoms with E-state index < -0.39 is 16.6 Å². The van der Waals surface area contributed by atoms with Crippen LogP contribution in [0.25, 0.3) is 0 Å². The highest BCUT2D eigenvalue weighted by Gasteiger charge is 2.16. The third kappa shape index (κ3) is 3.75. The average Bonchev–Trinajstić information content (AvgIpc) is 2.38. The molecule has 7 heteroatoms. The first-order valence-corrected chi connectivity index (χ1v) is 6.68. The third-order valence-corrected chi connectivity index (χ3v) is 3.22. The number of nitro benzene ring substituents is 1. The van der Waals surface area contributed by atoms with Gasteiger partial charge in [0.1, 0.15) is 12.4 Å². The quantitative estimate of drug-likeness (QED) is 0.596. The van der Waals surface area contributed by atoms with Crippen LogP contribution < -0.4 is 4.74 Å². The molecule has 0 aliphatic carbocycles. The highest BCUT2D eigenvalue weighted by Crippen LogP contribution is 2.27. The largest absolute Gasteiger partial charge is 0.486 e. The molecule has 0 N–H and O–H groups in total. The van der Waals surface area contributed by atoms with E-state index in [2.05, 4.69) is 15.9 Å². The zero-order valence-electron chi connectivity index (χ0n) is 10.9. The predicted molar refractivity (Wildman–Crippen MR) is 76.2 cm³/mol. The average molecular weight is 358 g/mol. The fourth-order valence-corrected chi connectivity index (χ4v) is 2.32.